The maximum atomic E-state index is 12.0. The van der Waals surface area contributed by atoms with Crippen LogP contribution in [-0.2, 0) is 9.47 Å². The molecule has 0 aromatic carbocycles. The Bertz CT molecular complexity index is 358. The van der Waals surface area contributed by atoms with Crippen molar-refractivity contribution in [3.63, 3.8) is 0 Å². The third kappa shape index (κ3) is 3.25. The number of rotatable bonds is 5. The monoisotopic (exact) mass is 265 g/mol. The van der Waals surface area contributed by atoms with E-state index >= 15 is 0 Å². The second-order valence-electron chi connectivity index (χ2n) is 5.28. The van der Waals surface area contributed by atoms with Gasteiger partial charge in [-0.1, -0.05) is 19.1 Å². The van der Waals surface area contributed by atoms with Gasteiger partial charge in [-0.25, -0.2) is 4.74 Å². The van der Waals surface area contributed by atoms with Crippen LogP contribution in [0.25, 0.3) is 0 Å². The Kier molecular flexibility index (Phi) is 4.77. The van der Waals surface area contributed by atoms with E-state index in [0.29, 0.717) is 13.0 Å². The molecule has 0 N–H and O–H groups in total. The third-order valence-electron chi connectivity index (χ3n) is 3.91. The molecule has 2 atom stereocenters. The summed E-state index contributed by atoms with van der Waals surface area (Å²) >= 11 is 0. The van der Waals surface area contributed by atoms with Gasteiger partial charge in [0, 0.05) is 19.3 Å². The molecule has 0 amide bonds. The fourth-order valence-corrected chi connectivity index (χ4v) is 2.92. The van der Waals surface area contributed by atoms with Gasteiger partial charge in [-0.2, -0.15) is 0 Å². The predicted molar refractivity (Wildman–Crippen MR) is 75.1 cm³/mol. The Morgan fingerprint density at radius 2 is 2.05 bits per heavy atom. The molecule has 4 heteroatoms. The average molecular weight is 265 g/mol. The second-order valence-corrected chi connectivity index (χ2v) is 5.28. The Labute approximate surface area is 115 Å². The first-order valence-electron chi connectivity index (χ1n) is 7.05. The number of nitrogens with zero attached hydrogens (tertiary/aromatic N) is 1. The molecular weight excluding hydrogens is 242 g/mol. The first-order valence-corrected chi connectivity index (χ1v) is 7.05. The first kappa shape index (κ1) is 14.3. The van der Waals surface area contributed by atoms with Crippen molar-refractivity contribution < 1.29 is 14.2 Å². The lowest BCUT2D eigenvalue weighted by Gasteiger charge is -2.32. The van der Waals surface area contributed by atoms with Crippen LogP contribution in [0.3, 0.4) is 0 Å². The number of hydrogen-bond donors (Lipinski definition) is 0. The van der Waals surface area contributed by atoms with Crippen LogP contribution in [0.1, 0.15) is 38.5 Å². The molecule has 0 unspecified atom stereocenters. The van der Waals surface area contributed by atoms with Crippen LogP contribution in [0.2, 0.25) is 0 Å². The lowest BCUT2D eigenvalue weighted by Crippen LogP contribution is -2.39. The molecule has 1 spiro atoms. The molecule has 1 aliphatic carbocycles. The molecule has 2 rings (SSSR count). The Balaban J connectivity index is 2.05. The zero-order valence-corrected chi connectivity index (χ0v) is 11.4. The van der Waals surface area contributed by atoms with Crippen molar-refractivity contribution in [2.24, 2.45) is 0 Å². The standard InChI is InChI=1S/C15H23NO3/c1-3-8-13(16(17)11-4-2)14-12-18-15(19-14)9-6-5-7-10-15/h3-4,11,13-14H,1-2,5-10,12H2/b16-11-/t13-,14-/m1/s1. The summed E-state index contributed by atoms with van der Waals surface area (Å²) in [6, 6.07) is -0.281. The molecule has 2 fully saturated rings. The summed E-state index contributed by atoms with van der Waals surface area (Å²) in [6.45, 7) is 7.76. The maximum absolute atomic E-state index is 12.0. The van der Waals surface area contributed by atoms with Crippen LogP contribution >= 0.6 is 0 Å². The summed E-state index contributed by atoms with van der Waals surface area (Å²) in [7, 11) is 0. The van der Waals surface area contributed by atoms with Crippen LogP contribution in [0.4, 0.5) is 0 Å². The van der Waals surface area contributed by atoms with E-state index in [9.17, 15) is 5.21 Å². The molecule has 0 aromatic heterocycles. The molecule has 1 saturated heterocycles. The fraction of sp³-hybridized carbons (Fsp3) is 0.667. The van der Waals surface area contributed by atoms with Crippen molar-refractivity contribution in [1.82, 2.24) is 0 Å². The summed E-state index contributed by atoms with van der Waals surface area (Å²) in [6.07, 6.45) is 10.5. The molecule has 1 heterocycles. The van der Waals surface area contributed by atoms with Crippen LogP contribution in [0, 0.1) is 5.21 Å². The summed E-state index contributed by atoms with van der Waals surface area (Å²) < 4.78 is 12.9. The van der Waals surface area contributed by atoms with Gasteiger partial charge >= 0.3 is 0 Å². The molecule has 2 aliphatic rings. The lowest BCUT2D eigenvalue weighted by molar-refractivity contribution is -0.509. The SMILES string of the molecule is C=C/C=[N+](\[O-])[C@H](CC=C)[C@H]1COC2(CCCCC2)O1. The highest BCUT2D eigenvalue weighted by molar-refractivity contribution is 5.65. The zero-order chi connectivity index (χ0) is 13.7. The molecule has 4 nitrogen and oxygen atoms in total. The quantitative estimate of drug-likeness (QED) is 0.252. The zero-order valence-electron chi connectivity index (χ0n) is 11.4. The van der Waals surface area contributed by atoms with Gasteiger partial charge in [0.2, 0.25) is 0 Å². The van der Waals surface area contributed by atoms with Gasteiger partial charge in [0.1, 0.15) is 6.10 Å². The number of ether oxygens (including phenoxy) is 2. The van der Waals surface area contributed by atoms with Gasteiger partial charge in [-0.3, -0.25) is 0 Å². The molecular formula is C15H23NO3. The molecule has 0 aromatic rings. The summed E-state index contributed by atoms with van der Waals surface area (Å²) in [4.78, 5) is 0. The van der Waals surface area contributed by atoms with Crippen LogP contribution in [0.15, 0.2) is 25.3 Å². The molecule has 1 saturated carbocycles. The minimum absolute atomic E-state index is 0.190. The van der Waals surface area contributed by atoms with Gasteiger partial charge in [0.25, 0.3) is 0 Å². The minimum Gasteiger partial charge on any atom is -0.624 e. The van der Waals surface area contributed by atoms with E-state index in [1.165, 1.54) is 18.7 Å². The average Bonchev–Trinajstić information content (AvgIpc) is 2.80. The van der Waals surface area contributed by atoms with Gasteiger partial charge in [0.05, 0.1) is 6.61 Å². The van der Waals surface area contributed by atoms with E-state index in [-0.39, 0.29) is 12.1 Å². The normalized spacial score (nSPS) is 28.2. The number of hydroxylamine groups is 1. The molecule has 0 bridgehead atoms. The molecule has 1 aliphatic heterocycles. The summed E-state index contributed by atoms with van der Waals surface area (Å²) in [5.41, 5.74) is 0. The summed E-state index contributed by atoms with van der Waals surface area (Å²) in [5.74, 6) is -0.433. The largest absolute Gasteiger partial charge is 0.624 e. The highest BCUT2D eigenvalue weighted by Crippen LogP contribution is 2.39. The molecule has 106 valence electrons. The number of allylic oxidation sites excluding steroid dienone is 1. The highest BCUT2D eigenvalue weighted by Gasteiger charge is 2.46. The first-order chi connectivity index (χ1) is 9.21. The fourth-order valence-electron chi connectivity index (χ4n) is 2.92. The van der Waals surface area contributed by atoms with E-state index in [1.807, 2.05) is 0 Å². The summed E-state index contributed by atoms with van der Waals surface area (Å²) in [5, 5.41) is 12.0. The van der Waals surface area contributed by atoms with Gasteiger partial charge in [0.15, 0.2) is 18.0 Å². The van der Waals surface area contributed by atoms with E-state index in [1.54, 1.807) is 6.08 Å². The van der Waals surface area contributed by atoms with Crippen molar-refractivity contribution in [3.05, 3.63) is 30.5 Å². The van der Waals surface area contributed by atoms with E-state index in [2.05, 4.69) is 13.2 Å². The van der Waals surface area contributed by atoms with E-state index < -0.39 is 5.79 Å². The smallest absolute Gasteiger partial charge is 0.194 e. The lowest BCUT2D eigenvalue weighted by atomic mass is 9.94. The van der Waals surface area contributed by atoms with Crippen molar-refractivity contribution in [1.29, 1.82) is 0 Å². The molecule has 0 radical (unpaired) electrons. The second kappa shape index (κ2) is 6.35. The van der Waals surface area contributed by atoms with Crippen molar-refractivity contribution in [3.8, 4) is 0 Å². The van der Waals surface area contributed by atoms with E-state index in [0.717, 1.165) is 30.4 Å². The van der Waals surface area contributed by atoms with Gasteiger partial charge < -0.3 is 14.7 Å². The predicted octanol–water partition coefficient (Wildman–Crippen LogP) is 2.77. The van der Waals surface area contributed by atoms with Crippen molar-refractivity contribution in [2.45, 2.75) is 56.5 Å². The Hall–Kier alpha value is -1.13. The Morgan fingerprint density at radius 3 is 2.68 bits per heavy atom. The molecule has 19 heavy (non-hydrogen) atoms. The van der Waals surface area contributed by atoms with Crippen molar-refractivity contribution in [2.75, 3.05) is 6.61 Å². The topological polar surface area (TPSA) is 44.5 Å². The minimum atomic E-state index is -0.433. The van der Waals surface area contributed by atoms with Gasteiger partial charge in [-0.15, -0.1) is 6.58 Å². The third-order valence-corrected chi connectivity index (χ3v) is 3.91. The maximum Gasteiger partial charge on any atom is 0.194 e. The van der Waals surface area contributed by atoms with Gasteiger partial charge in [-0.05, 0) is 18.9 Å². The Morgan fingerprint density at radius 1 is 1.32 bits per heavy atom. The van der Waals surface area contributed by atoms with Crippen LogP contribution in [-0.4, -0.2) is 35.5 Å². The number of hydrogen-bond acceptors (Lipinski definition) is 3. The van der Waals surface area contributed by atoms with E-state index in [4.69, 9.17) is 9.47 Å². The van der Waals surface area contributed by atoms with Crippen LogP contribution < -0.4 is 0 Å². The van der Waals surface area contributed by atoms with Crippen molar-refractivity contribution >= 4 is 6.21 Å². The van der Waals surface area contributed by atoms with Crippen LogP contribution in [0.5, 0.6) is 0 Å². The highest BCUT2D eigenvalue weighted by atomic mass is 16.7.